The summed E-state index contributed by atoms with van der Waals surface area (Å²) in [5.41, 5.74) is 1.73. The number of hydrogen-bond donors (Lipinski definition) is 1. The van der Waals surface area contributed by atoms with E-state index in [-0.39, 0.29) is 23.0 Å². The summed E-state index contributed by atoms with van der Waals surface area (Å²) >= 11 is 12.5. The van der Waals surface area contributed by atoms with Crippen molar-refractivity contribution in [1.82, 2.24) is 10.2 Å². The standard InChI is InChI=1S/C30H35Cl2N3O5S/c1-5-6-17-33-30(37)22(3)34(19-23-9-10-24(31)18-28(23)32)29(36)20-35(25-11-13-26(40-4)14-12-25)41(38,39)27-15-7-21(2)8-16-27/h7-16,18,22H,5-6,17,19-20H2,1-4H3,(H,33,37). The summed E-state index contributed by atoms with van der Waals surface area (Å²) in [6.07, 6.45) is 1.68. The van der Waals surface area contributed by atoms with E-state index in [0.717, 1.165) is 22.7 Å². The lowest BCUT2D eigenvalue weighted by Gasteiger charge is -2.32. The van der Waals surface area contributed by atoms with Gasteiger partial charge in [-0.05, 0) is 74.4 Å². The Labute approximate surface area is 252 Å². The zero-order chi connectivity index (χ0) is 30.2. The van der Waals surface area contributed by atoms with Crippen molar-refractivity contribution < 1.29 is 22.7 Å². The van der Waals surface area contributed by atoms with Crippen LogP contribution >= 0.6 is 23.2 Å². The van der Waals surface area contributed by atoms with Crippen LogP contribution in [-0.4, -0.2) is 51.4 Å². The van der Waals surface area contributed by atoms with Crippen LogP contribution in [0.2, 0.25) is 10.0 Å². The molecule has 2 amide bonds. The number of sulfonamides is 1. The number of halogens is 2. The summed E-state index contributed by atoms with van der Waals surface area (Å²) in [7, 11) is -2.66. The van der Waals surface area contributed by atoms with Crippen LogP contribution in [0.4, 0.5) is 5.69 Å². The topological polar surface area (TPSA) is 96.0 Å². The summed E-state index contributed by atoms with van der Waals surface area (Å²) in [5, 5.41) is 3.61. The molecule has 3 aromatic rings. The van der Waals surface area contributed by atoms with E-state index in [1.807, 2.05) is 13.8 Å². The Morgan fingerprint density at radius 1 is 1.00 bits per heavy atom. The van der Waals surface area contributed by atoms with Gasteiger partial charge in [0.25, 0.3) is 10.0 Å². The lowest BCUT2D eigenvalue weighted by atomic mass is 10.1. The maximum Gasteiger partial charge on any atom is 0.264 e. The van der Waals surface area contributed by atoms with Crippen LogP contribution in [0.25, 0.3) is 0 Å². The molecule has 8 nitrogen and oxygen atoms in total. The number of carbonyl (C=O) groups excluding carboxylic acids is 2. The molecule has 0 heterocycles. The van der Waals surface area contributed by atoms with Gasteiger partial charge in [-0.2, -0.15) is 0 Å². The number of hydrogen-bond acceptors (Lipinski definition) is 5. The number of nitrogens with one attached hydrogen (secondary N) is 1. The minimum atomic E-state index is -4.17. The molecule has 0 saturated heterocycles. The second-order valence-corrected chi connectivity index (χ2v) is 12.3. The van der Waals surface area contributed by atoms with Crippen molar-refractivity contribution in [3.63, 3.8) is 0 Å². The van der Waals surface area contributed by atoms with Crippen LogP contribution in [0, 0.1) is 6.92 Å². The van der Waals surface area contributed by atoms with E-state index < -0.39 is 28.5 Å². The molecule has 3 rings (SSSR count). The third kappa shape index (κ3) is 8.38. The minimum Gasteiger partial charge on any atom is -0.497 e. The van der Waals surface area contributed by atoms with Crippen LogP contribution in [0.3, 0.4) is 0 Å². The number of unbranched alkanes of at least 4 members (excludes halogenated alkanes) is 1. The highest BCUT2D eigenvalue weighted by molar-refractivity contribution is 7.92. The van der Waals surface area contributed by atoms with Crippen LogP contribution in [0.5, 0.6) is 5.75 Å². The second kappa shape index (κ2) is 14.6. The third-order valence-corrected chi connectivity index (χ3v) is 8.98. The van der Waals surface area contributed by atoms with Crippen LogP contribution in [0.1, 0.15) is 37.8 Å². The van der Waals surface area contributed by atoms with E-state index in [9.17, 15) is 18.0 Å². The molecule has 0 aliphatic carbocycles. The van der Waals surface area contributed by atoms with Crippen molar-refractivity contribution in [3.05, 3.63) is 87.9 Å². The lowest BCUT2D eigenvalue weighted by molar-refractivity contribution is -0.139. The fraction of sp³-hybridized carbons (Fsp3) is 0.333. The number of rotatable bonds is 13. The maximum atomic E-state index is 14.0. The molecule has 0 bridgehead atoms. The summed E-state index contributed by atoms with van der Waals surface area (Å²) < 4.78 is 34.1. The number of benzene rings is 3. The largest absolute Gasteiger partial charge is 0.497 e. The highest BCUT2D eigenvalue weighted by Crippen LogP contribution is 2.28. The van der Waals surface area contributed by atoms with Gasteiger partial charge in [0.1, 0.15) is 18.3 Å². The SMILES string of the molecule is CCCCNC(=O)C(C)N(Cc1ccc(Cl)cc1Cl)C(=O)CN(c1ccc(OC)cc1)S(=O)(=O)c1ccc(C)cc1. The van der Waals surface area contributed by atoms with Gasteiger partial charge in [0.15, 0.2) is 0 Å². The second-order valence-electron chi connectivity index (χ2n) is 9.60. The fourth-order valence-corrected chi connectivity index (χ4v) is 5.95. The first-order valence-electron chi connectivity index (χ1n) is 13.2. The van der Waals surface area contributed by atoms with Crippen LogP contribution in [0.15, 0.2) is 71.6 Å². The Balaban J connectivity index is 2.02. The van der Waals surface area contributed by atoms with Gasteiger partial charge in [-0.25, -0.2) is 8.42 Å². The smallest absolute Gasteiger partial charge is 0.264 e. The van der Waals surface area contributed by atoms with Gasteiger partial charge in [-0.1, -0.05) is 60.3 Å². The third-order valence-electron chi connectivity index (χ3n) is 6.60. The molecule has 1 unspecified atom stereocenters. The monoisotopic (exact) mass is 619 g/mol. The normalized spacial score (nSPS) is 12.0. The molecule has 11 heteroatoms. The highest BCUT2D eigenvalue weighted by Gasteiger charge is 2.32. The molecule has 3 aromatic carbocycles. The summed E-state index contributed by atoms with van der Waals surface area (Å²) in [5.74, 6) is -0.404. The van der Waals surface area contributed by atoms with Gasteiger partial charge < -0.3 is 15.0 Å². The van der Waals surface area contributed by atoms with Crippen molar-refractivity contribution in [2.75, 3.05) is 24.5 Å². The van der Waals surface area contributed by atoms with E-state index >= 15 is 0 Å². The van der Waals surface area contributed by atoms with Gasteiger partial charge in [-0.15, -0.1) is 0 Å². The number of nitrogens with zero attached hydrogens (tertiary/aromatic N) is 2. The van der Waals surface area contributed by atoms with Gasteiger partial charge in [0.05, 0.1) is 17.7 Å². The lowest BCUT2D eigenvalue weighted by Crippen LogP contribution is -2.51. The van der Waals surface area contributed by atoms with Crippen molar-refractivity contribution in [2.24, 2.45) is 0 Å². The van der Waals surface area contributed by atoms with E-state index in [0.29, 0.717) is 27.9 Å². The fourth-order valence-electron chi connectivity index (χ4n) is 4.07. The molecule has 0 aliphatic heterocycles. The predicted octanol–water partition coefficient (Wildman–Crippen LogP) is 5.84. The van der Waals surface area contributed by atoms with E-state index in [2.05, 4.69) is 5.32 Å². The maximum absolute atomic E-state index is 14.0. The van der Waals surface area contributed by atoms with Crippen molar-refractivity contribution in [2.45, 2.75) is 51.1 Å². The molecule has 0 aliphatic rings. The highest BCUT2D eigenvalue weighted by atomic mass is 35.5. The molecular weight excluding hydrogens is 585 g/mol. The zero-order valence-corrected chi connectivity index (χ0v) is 25.9. The number of carbonyl (C=O) groups is 2. The zero-order valence-electron chi connectivity index (χ0n) is 23.6. The first kappa shape index (κ1) is 32.2. The molecule has 0 spiro atoms. The molecule has 0 aromatic heterocycles. The van der Waals surface area contributed by atoms with Gasteiger partial charge in [0, 0.05) is 23.1 Å². The van der Waals surface area contributed by atoms with Crippen molar-refractivity contribution in [3.8, 4) is 5.75 Å². The molecule has 220 valence electrons. The Hall–Kier alpha value is -3.27. The van der Waals surface area contributed by atoms with E-state index in [1.54, 1.807) is 61.5 Å². The summed E-state index contributed by atoms with van der Waals surface area (Å²) in [4.78, 5) is 28.4. The van der Waals surface area contributed by atoms with Gasteiger partial charge >= 0.3 is 0 Å². The molecule has 0 radical (unpaired) electrons. The molecule has 41 heavy (non-hydrogen) atoms. The molecule has 0 saturated carbocycles. The Kier molecular flexibility index (Phi) is 11.5. The molecule has 1 N–H and O–H groups in total. The average molecular weight is 621 g/mol. The summed E-state index contributed by atoms with van der Waals surface area (Å²) in [6.45, 7) is 5.35. The Bertz CT molecular complexity index is 1450. The minimum absolute atomic E-state index is 0.0295. The summed E-state index contributed by atoms with van der Waals surface area (Å²) in [6, 6.07) is 16.7. The quantitative estimate of drug-likeness (QED) is 0.243. The Morgan fingerprint density at radius 2 is 1.66 bits per heavy atom. The van der Waals surface area contributed by atoms with Crippen LogP contribution in [-0.2, 0) is 26.2 Å². The van der Waals surface area contributed by atoms with Gasteiger partial charge in [0.2, 0.25) is 11.8 Å². The number of aryl methyl sites for hydroxylation is 1. The van der Waals surface area contributed by atoms with Crippen molar-refractivity contribution >= 4 is 50.7 Å². The first-order valence-corrected chi connectivity index (χ1v) is 15.4. The number of ether oxygens (including phenoxy) is 1. The van der Waals surface area contributed by atoms with E-state index in [1.165, 1.54) is 24.1 Å². The molecule has 0 fully saturated rings. The first-order chi connectivity index (χ1) is 19.5. The number of methoxy groups -OCH3 is 1. The molecular formula is C30H35Cl2N3O5S. The van der Waals surface area contributed by atoms with Crippen LogP contribution < -0.4 is 14.4 Å². The van der Waals surface area contributed by atoms with Gasteiger partial charge in [-0.3, -0.25) is 13.9 Å². The van der Waals surface area contributed by atoms with Crippen molar-refractivity contribution in [1.29, 1.82) is 0 Å². The predicted molar refractivity (Wildman–Crippen MR) is 163 cm³/mol. The van der Waals surface area contributed by atoms with E-state index in [4.69, 9.17) is 27.9 Å². The Morgan fingerprint density at radius 3 is 2.24 bits per heavy atom. The average Bonchev–Trinajstić information content (AvgIpc) is 2.95. The molecule has 1 atom stereocenters. The number of anilines is 1. The number of amides is 2.